The Kier molecular flexibility index (Phi) is 2.89. The van der Waals surface area contributed by atoms with Gasteiger partial charge in [0, 0.05) is 24.0 Å². The topological polar surface area (TPSA) is 55.1 Å². The molecule has 102 valence electrons. The van der Waals surface area contributed by atoms with E-state index in [0.29, 0.717) is 0 Å². The summed E-state index contributed by atoms with van der Waals surface area (Å²) in [5.41, 5.74) is 0.839. The minimum Gasteiger partial charge on any atom is -0.310 e. The lowest BCUT2D eigenvalue weighted by Crippen LogP contribution is -2.27. The van der Waals surface area contributed by atoms with E-state index in [0.717, 1.165) is 35.9 Å². The first-order chi connectivity index (χ1) is 9.04. The van der Waals surface area contributed by atoms with E-state index in [-0.39, 0.29) is 11.8 Å². The Morgan fingerprint density at radius 3 is 2.84 bits per heavy atom. The molecular formula is C11H12F3N5. The summed E-state index contributed by atoms with van der Waals surface area (Å²) in [6, 6.07) is 0.129. The zero-order valence-corrected chi connectivity index (χ0v) is 9.98. The predicted molar refractivity (Wildman–Crippen MR) is 60.4 cm³/mol. The van der Waals surface area contributed by atoms with Crippen LogP contribution in [0.1, 0.15) is 36.7 Å². The van der Waals surface area contributed by atoms with Gasteiger partial charge in [0.25, 0.3) is 11.6 Å². The summed E-state index contributed by atoms with van der Waals surface area (Å²) in [6.45, 7) is 0.911. The van der Waals surface area contributed by atoms with Crippen molar-refractivity contribution in [2.75, 3.05) is 6.54 Å². The molecule has 1 N–H and O–H groups in total. The number of hydrogen-bond donors (Lipinski definition) is 1. The Balaban J connectivity index is 1.96. The van der Waals surface area contributed by atoms with Gasteiger partial charge < -0.3 is 5.32 Å². The Labute approximate surface area is 106 Å². The van der Waals surface area contributed by atoms with Gasteiger partial charge in [-0.15, -0.1) is 5.10 Å². The SMILES string of the molecule is FC(F)(F)c1nc2ncc(C3CCCCN3)cn2n1. The molecule has 8 heteroatoms. The van der Waals surface area contributed by atoms with Gasteiger partial charge in [-0.05, 0) is 19.4 Å². The van der Waals surface area contributed by atoms with Gasteiger partial charge in [-0.1, -0.05) is 6.42 Å². The zero-order chi connectivity index (χ0) is 13.5. The van der Waals surface area contributed by atoms with Crippen molar-refractivity contribution in [1.29, 1.82) is 0 Å². The molecule has 19 heavy (non-hydrogen) atoms. The standard InChI is InChI=1S/C11H12F3N5/c12-11(13,14)9-17-10-16-5-7(6-19(10)18-9)8-3-1-2-4-15-8/h5-6,8,15H,1-4H2. The second-order valence-electron chi connectivity index (χ2n) is 4.57. The number of piperidine rings is 1. The van der Waals surface area contributed by atoms with Crippen LogP contribution in [0.25, 0.3) is 5.78 Å². The van der Waals surface area contributed by atoms with Gasteiger partial charge in [0.2, 0.25) is 0 Å². The van der Waals surface area contributed by atoms with Crippen molar-refractivity contribution in [1.82, 2.24) is 24.9 Å². The van der Waals surface area contributed by atoms with Crippen LogP contribution >= 0.6 is 0 Å². The number of aromatic nitrogens is 4. The van der Waals surface area contributed by atoms with E-state index in [9.17, 15) is 13.2 Å². The summed E-state index contributed by atoms with van der Waals surface area (Å²) >= 11 is 0. The van der Waals surface area contributed by atoms with Crippen molar-refractivity contribution in [2.45, 2.75) is 31.5 Å². The van der Waals surface area contributed by atoms with Gasteiger partial charge in [0.1, 0.15) is 0 Å². The molecule has 1 atom stereocenters. The van der Waals surface area contributed by atoms with Gasteiger partial charge in [0.15, 0.2) is 0 Å². The third-order valence-electron chi connectivity index (χ3n) is 3.18. The highest BCUT2D eigenvalue weighted by Gasteiger charge is 2.36. The van der Waals surface area contributed by atoms with Gasteiger partial charge in [-0.2, -0.15) is 18.2 Å². The largest absolute Gasteiger partial charge is 0.453 e. The Morgan fingerprint density at radius 2 is 2.16 bits per heavy atom. The average Bonchev–Trinajstić information content (AvgIpc) is 2.82. The highest BCUT2D eigenvalue weighted by atomic mass is 19.4. The van der Waals surface area contributed by atoms with Crippen molar-refractivity contribution in [3.05, 3.63) is 23.8 Å². The highest BCUT2D eigenvalue weighted by molar-refractivity contribution is 5.29. The first kappa shape index (κ1) is 12.3. The van der Waals surface area contributed by atoms with E-state index in [1.165, 1.54) is 0 Å². The maximum atomic E-state index is 12.5. The molecule has 1 saturated heterocycles. The lowest BCUT2D eigenvalue weighted by atomic mass is 10.0. The zero-order valence-electron chi connectivity index (χ0n) is 9.98. The molecule has 3 heterocycles. The molecule has 2 aromatic rings. The molecule has 1 aliphatic heterocycles. The smallest absolute Gasteiger partial charge is 0.310 e. The molecule has 1 unspecified atom stereocenters. The average molecular weight is 271 g/mol. The molecular weight excluding hydrogens is 259 g/mol. The Hall–Kier alpha value is -1.70. The first-order valence-electron chi connectivity index (χ1n) is 6.07. The summed E-state index contributed by atoms with van der Waals surface area (Å²) in [5.74, 6) is -1.19. The second kappa shape index (κ2) is 4.44. The van der Waals surface area contributed by atoms with E-state index in [1.807, 2.05) is 0 Å². The quantitative estimate of drug-likeness (QED) is 0.861. The van der Waals surface area contributed by atoms with E-state index in [4.69, 9.17) is 0 Å². The van der Waals surface area contributed by atoms with Gasteiger partial charge in [-0.3, -0.25) is 0 Å². The molecule has 0 amide bonds. The van der Waals surface area contributed by atoms with E-state index in [2.05, 4.69) is 20.4 Å². The fourth-order valence-electron chi connectivity index (χ4n) is 2.23. The number of nitrogens with one attached hydrogen (secondary N) is 1. The van der Waals surface area contributed by atoms with Crippen molar-refractivity contribution in [3.8, 4) is 0 Å². The summed E-state index contributed by atoms with van der Waals surface area (Å²) < 4.78 is 38.6. The minimum atomic E-state index is -4.54. The fraction of sp³-hybridized carbons (Fsp3) is 0.545. The lowest BCUT2D eigenvalue weighted by Gasteiger charge is -2.23. The molecule has 1 aliphatic rings. The van der Waals surface area contributed by atoms with Crippen molar-refractivity contribution >= 4 is 5.78 Å². The fourth-order valence-corrected chi connectivity index (χ4v) is 2.23. The molecule has 0 aliphatic carbocycles. The van der Waals surface area contributed by atoms with Crippen LogP contribution in [0.3, 0.4) is 0 Å². The molecule has 0 spiro atoms. The third kappa shape index (κ3) is 2.40. The molecule has 0 radical (unpaired) electrons. The van der Waals surface area contributed by atoms with E-state index < -0.39 is 12.0 Å². The van der Waals surface area contributed by atoms with Crippen molar-refractivity contribution in [3.63, 3.8) is 0 Å². The third-order valence-corrected chi connectivity index (χ3v) is 3.18. The summed E-state index contributed by atoms with van der Waals surface area (Å²) in [5, 5.41) is 6.74. The molecule has 1 fully saturated rings. The number of rotatable bonds is 1. The van der Waals surface area contributed by atoms with Crippen molar-refractivity contribution < 1.29 is 13.2 Å². The normalized spacial score (nSPS) is 20.9. The van der Waals surface area contributed by atoms with Crippen LogP contribution in [0.4, 0.5) is 13.2 Å². The summed E-state index contributed by atoms with van der Waals surface area (Å²) in [6.07, 6.45) is 1.75. The number of halogens is 3. The van der Waals surface area contributed by atoms with Crippen LogP contribution < -0.4 is 5.32 Å². The molecule has 2 aromatic heterocycles. The predicted octanol–water partition coefficient (Wildman–Crippen LogP) is 1.96. The van der Waals surface area contributed by atoms with Crippen LogP contribution in [-0.4, -0.2) is 26.1 Å². The molecule has 0 aromatic carbocycles. The maximum Gasteiger partial charge on any atom is 0.453 e. The summed E-state index contributed by atoms with van der Waals surface area (Å²) in [7, 11) is 0. The van der Waals surface area contributed by atoms with Crippen LogP contribution in [0.15, 0.2) is 12.4 Å². The van der Waals surface area contributed by atoms with Crippen LogP contribution in [-0.2, 0) is 6.18 Å². The monoisotopic (exact) mass is 271 g/mol. The second-order valence-corrected chi connectivity index (χ2v) is 4.57. The number of nitrogens with zero attached hydrogens (tertiary/aromatic N) is 4. The van der Waals surface area contributed by atoms with Crippen LogP contribution in [0.2, 0.25) is 0 Å². The minimum absolute atomic E-state index is 0.0353. The molecule has 0 bridgehead atoms. The Morgan fingerprint density at radius 1 is 1.32 bits per heavy atom. The van der Waals surface area contributed by atoms with Crippen LogP contribution in [0, 0.1) is 0 Å². The first-order valence-corrected chi connectivity index (χ1v) is 6.07. The maximum absolute atomic E-state index is 12.5. The van der Waals surface area contributed by atoms with E-state index in [1.54, 1.807) is 12.4 Å². The Bertz CT molecular complexity index is 586. The molecule has 0 saturated carbocycles. The number of hydrogen-bond acceptors (Lipinski definition) is 4. The summed E-state index contributed by atoms with van der Waals surface area (Å²) in [4.78, 5) is 7.31. The van der Waals surface area contributed by atoms with Gasteiger partial charge in [-0.25, -0.2) is 9.50 Å². The van der Waals surface area contributed by atoms with Gasteiger partial charge in [0.05, 0.1) is 0 Å². The lowest BCUT2D eigenvalue weighted by molar-refractivity contribution is -0.144. The number of alkyl halides is 3. The van der Waals surface area contributed by atoms with Crippen molar-refractivity contribution in [2.24, 2.45) is 0 Å². The molecule has 5 nitrogen and oxygen atoms in total. The van der Waals surface area contributed by atoms with Crippen LogP contribution in [0.5, 0.6) is 0 Å². The molecule has 3 rings (SSSR count). The highest BCUT2D eigenvalue weighted by Crippen LogP contribution is 2.27. The number of fused-ring (bicyclic) bond motifs is 1. The van der Waals surface area contributed by atoms with Gasteiger partial charge >= 0.3 is 6.18 Å². The van der Waals surface area contributed by atoms with E-state index >= 15 is 0 Å².